The summed E-state index contributed by atoms with van der Waals surface area (Å²) >= 11 is 2.17. The summed E-state index contributed by atoms with van der Waals surface area (Å²) in [6.07, 6.45) is 8.78. The second-order valence-corrected chi connectivity index (χ2v) is 6.97. The summed E-state index contributed by atoms with van der Waals surface area (Å²) in [5.41, 5.74) is 0. The molecule has 1 N–H and O–H groups in total. The van der Waals surface area contributed by atoms with E-state index in [-0.39, 0.29) is 0 Å². The van der Waals surface area contributed by atoms with Crippen LogP contribution in [0.3, 0.4) is 0 Å². The van der Waals surface area contributed by atoms with E-state index in [0.29, 0.717) is 0 Å². The molecule has 4 unspecified atom stereocenters. The largest absolute Gasteiger partial charge is 0.314 e. The number of hydrogen-bond donors (Lipinski definition) is 1. The average molecular weight is 255 g/mol. The molecule has 1 aliphatic heterocycles. The van der Waals surface area contributed by atoms with Crippen molar-refractivity contribution >= 4 is 11.8 Å². The van der Waals surface area contributed by atoms with E-state index < -0.39 is 0 Å². The Morgan fingerprint density at radius 3 is 2.65 bits per heavy atom. The first-order chi connectivity index (χ1) is 8.36. The molecule has 0 aromatic carbocycles. The van der Waals surface area contributed by atoms with Crippen LogP contribution in [0.15, 0.2) is 0 Å². The standard InChI is InChI=1S/C15H29NS/c1-3-12-7-5-6-8-14(12)15(16-4-2)13-9-10-17-11-13/h12-16H,3-11H2,1-2H3. The van der Waals surface area contributed by atoms with Gasteiger partial charge in [-0.3, -0.25) is 0 Å². The third kappa shape index (κ3) is 3.41. The Balaban J connectivity index is 2.01. The van der Waals surface area contributed by atoms with E-state index in [1.54, 1.807) is 0 Å². The zero-order chi connectivity index (χ0) is 12.1. The normalized spacial score (nSPS) is 36.0. The van der Waals surface area contributed by atoms with Crippen LogP contribution in [-0.4, -0.2) is 24.1 Å². The third-order valence-corrected chi connectivity index (χ3v) is 6.05. The van der Waals surface area contributed by atoms with Crippen LogP contribution >= 0.6 is 11.8 Å². The van der Waals surface area contributed by atoms with Gasteiger partial charge in [-0.2, -0.15) is 11.8 Å². The molecule has 0 radical (unpaired) electrons. The van der Waals surface area contributed by atoms with Crippen LogP contribution in [0.4, 0.5) is 0 Å². The highest BCUT2D eigenvalue weighted by molar-refractivity contribution is 7.99. The van der Waals surface area contributed by atoms with Crippen LogP contribution in [0.2, 0.25) is 0 Å². The molecule has 0 aromatic rings. The predicted molar refractivity (Wildman–Crippen MR) is 78.6 cm³/mol. The van der Waals surface area contributed by atoms with Crippen LogP contribution in [0, 0.1) is 17.8 Å². The van der Waals surface area contributed by atoms with E-state index in [0.717, 1.165) is 30.3 Å². The molecule has 2 heteroatoms. The maximum atomic E-state index is 3.85. The molecule has 0 bridgehead atoms. The molecule has 2 fully saturated rings. The average Bonchev–Trinajstić information content (AvgIpc) is 2.89. The molecular formula is C15H29NS. The molecule has 2 rings (SSSR count). The Morgan fingerprint density at radius 1 is 1.18 bits per heavy atom. The monoisotopic (exact) mass is 255 g/mol. The summed E-state index contributed by atoms with van der Waals surface area (Å²) in [4.78, 5) is 0. The van der Waals surface area contributed by atoms with E-state index in [4.69, 9.17) is 0 Å². The Bertz CT molecular complexity index is 213. The predicted octanol–water partition coefficient (Wildman–Crippen LogP) is 3.93. The molecule has 1 saturated heterocycles. The number of rotatable bonds is 5. The van der Waals surface area contributed by atoms with Crippen LogP contribution in [0.5, 0.6) is 0 Å². The highest BCUT2D eigenvalue weighted by Gasteiger charge is 2.36. The summed E-state index contributed by atoms with van der Waals surface area (Å²) in [5.74, 6) is 5.73. The number of thioether (sulfide) groups is 1. The van der Waals surface area contributed by atoms with Gasteiger partial charge < -0.3 is 5.32 Å². The highest BCUT2D eigenvalue weighted by Crippen LogP contribution is 2.39. The van der Waals surface area contributed by atoms with Crippen LogP contribution < -0.4 is 5.32 Å². The summed E-state index contributed by atoms with van der Waals surface area (Å²) in [5, 5.41) is 3.85. The lowest BCUT2D eigenvalue weighted by atomic mass is 9.70. The number of nitrogens with one attached hydrogen (secondary N) is 1. The van der Waals surface area contributed by atoms with Gasteiger partial charge in [-0.25, -0.2) is 0 Å². The van der Waals surface area contributed by atoms with Gasteiger partial charge in [0.2, 0.25) is 0 Å². The van der Waals surface area contributed by atoms with Gasteiger partial charge in [0.15, 0.2) is 0 Å². The van der Waals surface area contributed by atoms with E-state index in [1.165, 1.54) is 50.0 Å². The molecule has 0 spiro atoms. The van der Waals surface area contributed by atoms with Crippen molar-refractivity contribution in [2.24, 2.45) is 17.8 Å². The van der Waals surface area contributed by atoms with Crippen molar-refractivity contribution in [3.63, 3.8) is 0 Å². The van der Waals surface area contributed by atoms with Crippen LogP contribution in [0.25, 0.3) is 0 Å². The smallest absolute Gasteiger partial charge is 0.0134 e. The van der Waals surface area contributed by atoms with Gasteiger partial charge in [0, 0.05) is 6.04 Å². The van der Waals surface area contributed by atoms with Crippen molar-refractivity contribution in [2.45, 2.75) is 58.4 Å². The number of hydrogen-bond acceptors (Lipinski definition) is 2. The van der Waals surface area contributed by atoms with E-state index in [9.17, 15) is 0 Å². The molecule has 0 aromatic heterocycles. The van der Waals surface area contributed by atoms with Crippen LogP contribution in [0.1, 0.15) is 52.4 Å². The van der Waals surface area contributed by atoms with E-state index in [2.05, 4.69) is 30.9 Å². The zero-order valence-corrected chi connectivity index (χ0v) is 12.4. The molecule has 4 atom stereocenters. The molecule has 2 aliphatic rings. The van der Waals surface area contributed by atoms with Crippen molar-refractivity contribution in [1.82, 2.24) is 5.32 Å². The first-order valence-corrected chi connectivity index (χ1v) is 8.83. The van der Waals surface area contributed by atoms with E-state index in [1.807, 2.05) is 0 Å². The van der Waals surface area contributed by atoms with Gasteiger partial charge >= 0.3 is 0 Å². The van der Waals surface area contributed by atoms with Gasteiger partial charge in [0.1, 0.15) is 0 Å². The highest BCUT2D eigenvalue weighted by atomic mass is 32.2. The fourth-order valence-electron chi connectivity index (χ4n) is 3.96. The quantitative estimate of drug-likeness (QED) is 0.799. The summed E-state index contributed by atoms with van der Waals surface area (Å²) in [6, 6.07) is 0.820. The minimum atomic E-state index is 0.820. The Hall–Kier alpha value is 0.310. The topological polar surface area (TPSA) is 12.0 Å². The van der Waals surface area contributed by atoms with Crippen molar-refractivity contribution in [3.8, 4) is 0 Å². The van der Waals surface area contributed by atoms with Crippen LogP contribution in [-0.2, 0) is 0 Å². The minimum Gasteiger partial charge on any atom is -0.314 e. The van der Waals surface area contributed by atoms with Gasteiger partial charge in [-0.05, 0) is 48.6 Å². The fourth-order valence-corrected chi connectivity index (χ4v) is 5.27. The molecule has 0 amide bonds. The zero-order valence-electron chi connectivity index (χ0n) is 11.6. The fraction of sp³-hybridized carbons (Fsp3) is 1.00. The SMILES string of the molecule is CCNC(C1CCSC1)C1CCCCC1CC. The maximum Gasteiger partial charge on any atom is 0.0134 e. The first-order valence-electron chi connectivity index (χ1n) is 7.68. The van der Waals surface area contributed by atoms with Crippen molar-refractivity contribution in [2.75, 3.05) is 18.1 Å². The Labute approximate surface area is 112 Å². The molecule has 1 saturated carbocycles. The van der Waals surface area contributed by atoms with Crippen molar-refractivity contribution in [1.29, 1.82) is 0 Å². The van der Waals surface area contributed by atoms with Gasteiger partial charge in [0.05, 0.1) is 0 Å². The lowest BCUT2D eigenvalue weighted by Crippen LogP contribution is -2.46. The van der Waals surface area contributed by atoms with Crippen molar-refractivity contribution < 1.29 is 0 Å². The molecular weight excluding hydrogens is 226 g/mol. The second kappa shape index (κ2) is 7.04. The second-order valence-electron chi connectivity index (χ2n) is 5.82. The summed E-state index contributed by atoms with van der Waals surface area (Å²) < 4.78 is 0. The van der Waals surface area contributed by atoms with E-state index >= 15 is 0 Å². The molecule has 1 heterocycles. The Morgan fingerprint density at radius 2 is 2.00 bits per heavy atom. The van der Waals surface area contributed by atoms with Gasteiger partial charge in [0.25, 0.3) is 0 Å². The molecule has 17 heavy (non-hydrogen) atoms. The van der Waals surface area contributed by atoms with Gasteiger partial charge in [-0.1, -0.05) is 39.5 Å². The summed E-state index contributed by atoms with van der Waals surface area (Å²) in [7, 11) is 0. The molecule has 1 nitrogen and oxygen atoms in total. The lowest BCUT2D eigenvalue weighted by Gasteiger charge is -2.40. The van der Waals surface area contributed by atoms with Gasteiger partial charge in [-0.15, -0.1) is 0 Å². The molecule has 100 valence electrons. The van der Waals surface area contributed by atoms with Crippen molar-refractivity contribution in [3.05, 3.63) is 0 Å². The Kier molecular flexibility index (Phi) is 5.68. The lowest BCUT2D eigenvalue weighted by molar-refractivity contribution is 0.145. The third-order valence-electron chi connectivity index (χ3n) is 4.87. The minimum absolute atomic E-state index is 0.820. The summed E-state index contributed by atoms with van der Waals surface area (Å²) in [6.45, 7) is 5.83. The first kappa shape index (κ1) is 13.7. The molecule has 1 aliphatic carbocycles. The maximum absolute atomic E-state index is 3.85.